The van der Waals surface area contributed by atoms with Crippen LogP contribution in [0.5, 0.6) is 0 Å². The molecule has 0 N–H and O–H groups in total. The molecule has 0 spiro atoms. The SMILES string of the molecule is CC(C)=O.CC(C)=O.[Zn]. The molecule has 0 aliphatic rings. The Kier molecular flexibility index (Phi) is 19.3. The number of rotatable bonds is 0. The van der Waals surface area contributed by atoms with E-state index in [9.17, 15) is 9.59 Å². The first-order chi connectivity index (χ1) is 3.46. The smallest absolute Gasteiger partial charge is 0.126 e. The molecule has 0 aromatic carbocycles. The fourth-order valence-corrected chi connectivity index (χ4v) is 0. The Hall–Kier alpha value is -0.0366. The van der Waals surface area contributed by atoms with Crippen LogP contribution in [0.15, 0.2) is 0 Å². The van der Waals surface area contributed by atoms with Gasteiger partial charge in [-0.3, -0.25) is 0 Å². The van der Waals surface area contributed by atoms with E-state index in [4.69, 9.17) is 0 Å². The van der Waals surface area contributed by atoms with Crippen LogP contribution in [0.1, 0.15) is 27.7 Å². The van der Waals surface area contributed by atoms with Crippen molar-refractivity contribution in [1.29, 1.82) is 0 Å². The summed E-state index contributed by atoms with van der Waals surface area (Å²) in [7, 11) is 0. The molecule has 0 radical (unpaired) electrons. The van der Waals surface area contributed by atoms with Crippen molar-refractivity contribution in [2.75, 3.05) is 0 Å². The Morgan fingerprint density at radius 2 is 0.778 bits per heavy atom. The number of carbonyl (C=O) groups excluding carboxylic acids is 2. The Morgan fingerprint density at radius 3 is 0.778 bits per heavy atom. The summed E-state index contributed by atoms with van der Waals surface area (Å²) in [6, 6.07) is 0. The van der Waals surface area contributed by atoms with Gasteiger partial charge in [0.25, 0.3) is 0 Å². The van der Waals surface area contributed by atoms with Gasteiger partial charge in [-0.15, -0.1) is 0 Å². The second-order valence-electron chi connectivity index (χ2n) is 1.82. The molecule has 0 bridgehead atoms. The average Bonchev–Trinajstić information content (AvgIpc) is 1.25. The first kappa shape index (κ1) is 16.0. The van der Waals surface area contributed by atoms with Gasteiger partial charge in [0.2, 0.25) is 0 Å². The van der Waals surface area contributed by atoms with Crippen molar-refractivity contribution in [3.63, 3.8) is 0 Å². The number of hydrogen-bond donors (Lipinski definition) is 0. The minimum absolute atomic E-state index is 0. The summed E-state index contributed by atoms with van der Waals surface area (Å²) in [5.74, 6) is 0.333. The van der Waals surface area contributed by atoms with E-state index in [0.717, 1.165) is 0 Å². The molecule has 0 fully saturated rings. The van der Waals surface area contributed by atoms with Gasteiger partial charge in [-0.2, -0.15) is 0 Å². The fourth-order valence-electron chi connectivity index (χ4n) is 0. The molecule has 0 aliphatic heterocycles. The van der Waals surface area contributed by atoms with Crippen molar-refractivity contribution in [3.05, 3.63) is 0 Å². The summed E-state index contributed by atoms with van der Waals surface area (Å²) >= 11 is 0. The van der Waals surface area contributed by atoms with E-state index in [2.05, 4.69) is 0 Å². The summed E-state index contributed by atoms with van der Waals surface area (Å²) in [5, 5.41) is 0. The van der Waals surface area contributed by atoms with E-state index < -0.39 is 0 Å². The zero-order valence-electron chi connectivity index (χ0n) is 6.52. The van der Waals surface area contributed by atoms with Crippen LogP contribution in [-0.2, 0) is 29.1 Å². The van der Waals surface area contributed by atoms with Gasteiger partial charge < -0.3 is 9.59 Å². The maximum absolute atomic E-state index is 9.44. The van der Waals surface area contributed by atoms with Gasteiger partial charge in [-0.1, -0.05) is 0 Å². The second-order valence-corrected chi connectivity index (χ2v) is 1.82. The zero-order chi connectivity index (χ0) is 7.15. The van der Waals surface area contributed by atoms with E-state index >= 15 is 0 Å². The third kappa shape index (κ3) is 211000. The Bertz CT molecular complexity index is 69.1. The van der Waals surface area contributed by atoms with Crippen molar-refractivity contribution < 1.29 is 29.1 Å². The maximum Gasteiger partial charge on any atom is 0.126 e. The van der Waals surface area contributed by atoms with Crippen LogP contribution < -0.4 is 0 Å². The standard InChI is InChI=1S/2C3H6O.Zn/c2*1-3(2)4;/h2*1-2H3;. The molecule has 0 aromatic rings. The summed E-state index contributed by atoms with van der Waals surface area (Å²) in [5.41, 5.74) is 0. The Labute approximate surface area is 68.8 Å². The monoisotopic (exact) mass is 180 g/mol. The third-order valence-corrected chi connectivity index (χ3v) is 0. The number of hydrogen-bond acceptors (Lipinski definition) is 2. The van der Waals surface area contributed by atoms with Crippen LogP contribution in [0.25, 0.3) is 0 Å². The van der Waals surface area contributed by atoms with Gasteiger partial charge >= 0.3 is 0 Å². The van der Waals surface area contributed by atoms with Crippen molar-refractivity contribution in [2.24, 2.45) is 0 Å². The van der Waals surface area contributed by atoms with Gasteiger partial charge in [0.1, 0.15) is 11.6 Å². The maximum atomic E-state index is 9.44. The van der Waals surface area contributed by atoms with Crippen LogP contribution in [0, 0.1) is 0 Å². The second kappa shape index (κ2) is 10.9. The molecule has 0 aliphatic carbocycles. The summed E-state index contributed by atoms with van der Waals surface area (Å²) in [4.78, 5) is 18.9. The molecule has 0 aromatic heterocycles. The molecule has 3 heteroatoms. The van der Waals surface area contributed by atoms with Crippen LogP contribution in [0.4, 0.5) is 0 Å². The predicted molar refractivity (Wildman–Crippen MR) is 32.7 cm³/mol. The molecule has 0 saturated carbocycles. The van der Waals surface area contributed by atoms with Gasteiger partial charge in [0.15, 0.2) is 0 Å². The van der Waals surface area contributed by atoms with Crippen molar-refractivity contribution in [3.8, 4) is 0 Å². The molecular formula is C6H12O2Zn. The topological polar surface area (TPSA) is 34.1 Å². The Morgan fingerprint density at radius 1 is 0.778 bits per heavy atom. The molecule has 0 saturated heterocycles. The van der Waals surface area contributed by atoms with Crippen molar-refractivity contribution in [2.45, 2.75) is 27.7 Å². The molecule has 0 amide bonds. The van der Waals surface area contributed by atoms with Gasteiger partial charge in [0.05, 0.1) is 0 Å². The Balaban J connectivity index is -0.0000000720. The largest absolute Gasteiger partial charge is 0.300 e. The zero-order valence-corrected chi connectivity index (χ0v) is 9.49. The van der Waals surface area contributed by atoms with Gasteiger partial charge in [-0.05, 0) is 27.7 Å². The normalized spacial score (nSPS) is 5.78. The van der Waals surface area contributed by atoms with Crippen molar-refractivity contribution >= 4 is 11.6 Å². The molecule has 50 valence electrons. The van der Waals surface area contributed by atoms with E-state index in [1.807, 2.05) is 0 Å². The fraction of sp³-hybridized carbons (Fsp3) is 0.667. The summed E-state index contributed by atoms with van der Waals surface area (Å²) < 4.78 is 0. The minimum Gasteiger partial charge on any atom is -0.300 e. The average molecular weight is 182 g/mol. The minimum atomic E-state index is 0. The molecule has 2 nitrogen and oxygen atoms in total. The number of Topliss-reactive ketones (excluding diaryl/α,β-unsaturated/α-hetero) is 2. The molecular weight excluding hydrogens is 169 g/mol. The quantitative estimate of drug-likeness (QED) is 0.526. The van der Waals surface area contributed by atoms with E-state index in [0.29, 0.717) is 0 Å². The van der Waals surface area contributed by atoms with E-state index in [1.54, 1.807) is 0 Å². The van der Waals surface area contributed by atoms with E-state index in [1.165, 1.54) is 27.7 Å². The van der Waals surface area contributed by atoms with Gasteiger partial charge in [0, 0.05) is 19.5 Å². The van der Waals surface area contributed by atoms with Crippen LogP contribution in [0.3, 0.4) is 0 Å². The van der Waals surface area contributed by atoms with Gasteiger partial charge in [-0.25, -0.2) is 0 Å². The summed E-state index contributed by atoms with van der Waals surface area (Å²) in [6.07, 6.45) is 0. The number of ketones is 2. The van der Waals surface area contributed by atoms with Crippen LogP contribution in [0.2, 0.25) is 0 Å². The first-order valence-electron chi connectivity index (χ1n) is 2.41. The number of carbonyl (C=O) groups is 2. The molecule has 0 heterocycles. The predicted octanol–water partition coefficient (Wildman–Crippen LogP) is 1.19. The van der Waals surface area contributed by atoms with Crippen LogP contribution >= 0.6 is 0 Å². The first-order valence-corrected chi connectivity index (χ1v) is 2.41. The molecule has 0 unspecified atom stereocenters. The third-order valence-electron chi connectivity index (χ3n) is 0. The molecule has 0 rings (SSSR count). The van der Waals surface area contributed by atoms with Crippen LogP contribution in [-0.4, -0.2) is 11.6 Å². The summed E-state index contributed by atoms with van der Waals surface area (Å²) in [6.45, 7) is 6.11. The molecule has 0 atom stereocenters. The van der Waals surface area contributed by atoms with E-state index in [-0.39, 0.29) is 31.0 Å². The van der Waals surface area contributed by atoms with Crippen molar-refractivity contribution in [1.82, 2.24) is 0 Å². The molecule has 9 heavy (non-hydrogen) atoms.